The van der Waals surface area contributed by atoms with Crippen molar-refractivity contribution in [2.24, 2.45) is 0 Å². The van der Waals surface area contributed by atoms with Gasteiger partial charge in [0.2, 0.25) is 5.91 Å². The number of carbonyl (C=O) groups is 1. The van der Waals surface area contributed by atoms with Crippen LogP contribution in [0.2, 0.25) is 0 Å². The first-order valence-electron chi connectivity index (χ1n) is 10.8. The van der Waals surface area contributed by atoms with Gasteiger partial charge in [-0.1, -0.05) is 18.6 Å². The molecule has 1 unspecified atom stereocenters. The Labute approximate surface area is 184 Å². The summed E-state index contributed by atoms with van der Waals surface area (Å²) in [7, 11) is 7.60. The number of aromatic nitrogens is 2. The van der Waals surface area contributed by atoms with Gasteiger partial charge in [0, 0.05) is 33.8 Å². The van der Waals surface area contributed by atoms with Gasteiger partial charge in [0.05, 0.1) is 24.8 Å². The summed E-state index contributed by atoms with van der Waals surface area (Å²) >= 11 is 0. The van der Waals surface area contributed by atoms with Crippen LogP contribution in [0.3, 0.4) is 0 Å². The number of nitrogens with zero attached hydrogens (tertiary/aromatic N) is 5. The van der Waals surface area contributed by atoms with Gasteiger partial charge in [-0.15, -0.1) is 0 Å². The monoisotopic (exact) mass is 428 g/mol. The Morgan fingerprint density at radius 3 is 2.48 bits per heavy atom. The van der Waals surface area contributed by atoms with Crippen molar-refractivity contribution < 1.29 is 9.18 Å². The number of nitrogens with one attached hydrogen (secondary N) is 1. The lowest BCUT2D eigenvalue weighted by Crippen LogP contribution is -2.36. The van der Waals surface area contributed by atoms with E-state index >= 15 is 0 Å². The fourth-order valence-corrected chi connectivity index (χ4v) is 3.68. The standard InChI is InChI=1S/C23H33FN6O/c1-28(2)21-13-19(26-23(27-21)20-7-5-6-12-25-20)15-30(4)22(31)16-29(3)14-17-8-10-18(24)11-9-17/h8-11,13,20,25H,5-7,12,14-16H2,1-4H3. The number of anilines is 1. The molecule has 1 saturated heterocycles. The van der Waals surface area contributed by atoms with Gasteiger partial charge in [-0.25, -0.2) is 14.4 Å². The second-order valence-corrected chi connectivity index (χ2v) is 8.52. The van der Waals surface area contributed by atoms with Crippen LogP contribution < -0.4 is 10.2 Å². The minimum absolute atomic E-state index is 0.00645. The number of benzene rings is 1. The van der Waals surface area contributed by atoms with Crippen LogP contribution in [-0.2, 0) is 17.9 Å². The minimum Gasteiger partial charge on any atom is -0.363 e. The predicted octanol–water partition coefficient (Wildman–Crippen LogP) is 2.59. The third-order valence-electron chi connectivity index (χ3n) is 5.46. The van der Waals surface area contributed by atoms with E-state index in [0.717, 1.165) is 35.9 Å². The highest BCUT2D eigenvalue weighted by molar-refractivity contribution is 5.77. The highest BCUT2D eigenvalue weighted by Gasteiger charge is 2.20. The van der Waals surface area contributed by atoms with Crippen molar-refractivity contribution in [1.29, 1.82) is 0 Å². The number of hydrogen-bond acceptors (Lipinski definition) is 6. The third kappa shape index (κ3) is 6.70. The van der Waals surface area contributed by atoms with E-state index in [0.29, 0.717) is 13.1 Å². The Bertz CT molecular complexity index is 867. The summed E-state index contributed by atoms with van der Waals surface area (Å²) in [6, 6.07) is 8.46. The number of piperidine rings is 1. The van der Waals surface area contributed by atoms with E-state index in [1.165, 1.54) is 25.0 Å². The van der Waals surface area contributed by atoms with Crippen molar-refractivity contribution in [3.8, 4) is 0 Å². The number of likely N-dealkylation sites (N-methyl/N-ethyl adjacent to an activating group) is 2. The van der Waals surface area contributed by atoms with Crippen molar-refractivity contribution in [3.05, 3.63) is 53.2 Å². The molecule has 0 saturated carbocycles. The first-order valence-corrected chi connectivity index (χ1v) is 10.8. The van der Waals surface area contributed by atoms with Crippen LogP contribution in [0.1, 0.15) is 42.4 Å². The average molecular weight is 429 g/mol. The predicted molar refractivity (Wildman–Crippen MR) is 120 cm³/mol. The van der Waals surface area contributed by atoms with E-state index in [1.54, 1.807) is 24.1 Å². The lowest BCUT2D eigenvalue weighted by atomic mass is 10.0. The molecule has 1 amide bonds. The van der Waals surface area contributed by atoms with Gasteiger partial charge in [-0.3, -0.25) is 9.69 Å². The Balaban J connectivity index is 1.63. The minimum atomic E-state index is -0.257. The highest BCUT2D eigenvalue weighted by atomic mass is 19.1. The molecular weight excluding hydrogens is 395 g/mol. The molecule has 0 radical (unpaired) electrons. The van der Waals surface area contributed by atoms with E-state index in [2.05, 4.69) is 5.32 Å². The maximum atomic E-state index is 13.1. The number of hydrogen-bond donors (Lipinski definition) is 1. The maximum absolute atomic E-state index is 13.1. The molecule has 168 valence electrons. The molecule has 0 bridgehead atoms. The van der Waals surface area contributed by atoms with Crippen LogP contribution in [0.4, 0.5) is 10.2 Å². The van der Waals surface area contributed by atoms with Crippen LogP contribution in [0.15, 0.2) is 30.3 Å². The molecule has 1 fully saturated rings. The normalized spacial score (nSPS) is 16.4. The van der Waals surface area contributed by atoms with Gasteiger partial charge in [0.1, 0.15) is 17.5 Å². The van der Waals surface area contributed by atoms with Crippen molar-refractivity contribution in [2.45, 2.75) is 38.4 Å². The molecule has 1 aliphatic rings. The van der Waals surface area contributed by atoms with Gasteiger partial charge in [0.15, 0.2) is 0 Å². The second-order valence-electron chi connectivity index (χ2n) is 8.52. The average Bonchev–Trinajstić information content (AvgIpc) is 2.75. The molecular formula is C23H33FN6O. The molecule has 2 heterocycles. The van der Waals surface area contributed by atoms with E-state index in [-0.39, 0.29) is 24.3 Å². The Hall–Kier alpha value is -2.58. The van der Waals surface area contributed by atoms with Gasteiger partial charge in [-0.2, -0.15) is 0 Å². The van der Waals surface area contributed by atoms with Crippen LogP contribution in [-0.4, -0.2) is 67.0 Å². The van der Waals surface area contributed by atoms with Gasteiger partial charge in [0.25, 0.3) is 0 Å². The third-order valence-corrected chi connectivity index (χ3v) is 5.46. The van der Waals surface area contributed by atoms with Gasteiger partial charge in [-0.05, 0) is 44.1 Å². The molecule has 3 rings (SSSR count). The number of rotatable bonds is 8. The van der Waals surface area contributed by atoms with E-state index in [1.807, 2.05) is 37.0 Å². The van der Waals surface area contributed by atoms with Crippen LogP contribution in [0.5, 0.6) is 0 Å². The number of carbonyl (C=O) groups excluding carboxylic acids is 1. The molecule has 1 aliphatic heterocycles. The topological polar surface area (TPSA) is 64.6 Å². The zero-order valence-corrected chi connectivity index (χ0v) is 18.9. The first-order chi connectivity index (χ1) is 14.8. The fourth-order valence-electron chi connectivity index (χ4n) is 3.68. The molecule has 1 N–H and O–H groups in total. The second kappa shape index (κ2) is 10.6. The highest BCUT2D eigenvalue weighted by Crippen LogP contribution is 2.22. The molecule has 1 atom stereocenters. The number of halogens is 1. The van der Waals surface area contributed by atoms with Crippen LogP contribution in [0.25, 0.3) is 0 Å². The van der Waals surface area contributed by atoms with E-state index < -0.39 is 0 Å². The largest absolute Gasteiger partial charge is 0.363 e. The summed E-state index contributed by atoms with van der Waals surface area (Å²) in [6.07, 6.45) is 3.38. The summed E-state index contributed by atoms with van der Waals surface area (Å²) in [5.74, 6) is 1.40. The van der Waals surface area contributed by atoms with Crippen molar-refractivity contribution in [1.82, 2.24) is 25.1 Å². The zero-order valence-electron chi connectivity index (χ0n) is 18.9. The molecule has 2 aromatic rings. The summed E-state index contributed by atoms with van der Waals surface area (Å²) in [4.78, 5) is 27.9. The Morgan fingerprint density at radius 2 is 1.84 bits per heavy atom. The number of amides is 1. The molecule has 31 heavy (non-hydrogen) atoms. The van der Waals surface area contributed by atoms with Crippen molar-refractivity contribution >= 4 is 11.7 Å². The van der Waals surface area contributed by atoms with Gasteiger partial charge >= 0.3 is 0 Å². The molecule has 1 aromatic carbocycles. The molecule has 0 aliphatic carbocycles. The SMILES string of the molecule is CN(CC(=O)N(C)Cc1cc(N(C)C)nc(C2CCCCN2)n1)Cc1ccc(F)cc1. The van der Waals surface area contributed by atoms with E-state index in [4.69, 9.17) is 9.97 Å². The van der Waals surface area contributed by atoms with E-state index in [9.17, 15) is 9.18 Å². The first kappa shape index (κ1) is 23.1. The zero-order chi connectivity index (χ0) is 22.4. The lowest BCUT2D eigenvalue weighted by molar-refractivity contribution is -0.131. The summed E-state index contributed by atoms with van der Waals surface area (Å²) < 4.78 is 13.1. The Kier molecular flexibility index (Phi) is 7.92. The molecule has 8 heteroatoms. The van der Waals surface area contributed by atoms with Crippen molar-refractivity contribution in [2.75, 3.05) is 46.2 Å². The fraction of sp³-hybridized carbons (Fsp3) is 0.522. The summed E-state index contributed by atoms with van der Waals surface area (Å²) in [5.41, 5.74) is 1.80. The molecule has 1 aromatic heterocycles. The maximum Gasteiger partial charge on any atom is 0.236 e. The smallest absolute Gasteiger partial charge is 0.236 e. The van der Waals surface area contributed by atoms with Crippen LogP contribution in [0, 0.1) is 5.82 Å². The quantitative estimate of drug-likeness (QED) is 0.697. The summed E-state index contributed by atoms with van der Waals surface area (Å²) in [5, 5.41) is 3.50. The van der Waals surface area contributed by atoms with Crippen LogP contribution >= 0.6 is 0 Å². The van der Waals surface area contributed by atoms with Gasteiger partial charge < -0.3 is 15.1 Å². The molecule has 7 nitrogen and oxygen atoms in total. The lowest BCUT2D eigenvalue weighted by Gasteiger charge is -2.25. The summed E-state index contributed by atoms with van der Waals surface area (Å²) in [6.45, 7) is 2.26. The Morgan fingerprint density at radius 1 is 1.10 bits per heavy atom. The molecule has 0 spiro atoms. The van der Waals surface area contributed by atoms with Crippen molar-refractivity contribution in [3.63, 3.8) is 0 Å².